The van der Waals surface area contributed by atoms with Gasteiger partial charge in [0.05, 0.1) is 25.5 Å². The molecule has 2 aromatic rings. The molecule has 1 amide bonds. The molecule has 1 aliphatic heterocycles. The molecule has 23 heavy (non-hydrogen) atoms. The second-order valence-corrected chi connectivity index (χ2v) is 5.63. The Balaban J connectivity index is 1.54. The Hall–Kier alpha value is -2.34. The number of para-hydroxylation sites is 1. The largest absolute Gasteiger partial charge is 0.484 e. The molecular formula is C17H21N3O3. The summed E-state index contributed by atoms with van der Waals surface area (Å²) in [6, 6.07) is 7.64. The molecule has 0 fully saturated rings. The van der Waals surface area contributed by atoms with E-state index in [-0.39, 0.29) is 12.5 Å². The van der Waals surface area contributed by atoms with E-state index >= 15 is 0 Å². The average molecular weight is 315 g/mol. The number of amides is 1. The monoisotopic (exact) mass is 315 g/mol. The van der Waals surface area contributed by atoms with Gasteiger partial charge in [0.25, 0.3) is 5.91 Å². The van der Waals surface area contributed by atoms with Gasteiger partial charge in [0.1, 0.15) is 5.75 Å². The SMILES string of the molecule is Cc1ccccc1OCC(=O)NCc1nn(C)c2c1COCC2. The van der Waals surface area contributed by atoms with Crippen LogP contribution in [0.3, 0.4) is 0 Å². The van der Waals surface area contributed by atoms with Gasteiger partial charge in [-0.2, -0.15) is 5.10 Å². The summed E-state index contributed by atoms with van der Waals surface area (Å²) in [4.78, 5) is 12.0. The molecule has 122 valence electrons. The smallest absolute Gasteiger partial charge is 0.258 e. The van der Waals surface area contributed by atoms with Crippen LogP contribution in [0, 0.1) is 6.92 Å². The first-order valence-corrected chi connectivity index (χ1v) is 7.71. The number of nitrogens with zero attached hydrogens (tertiary/aromatic N) is 2. The summed E-state index contributed by atoms with van der Waals surface area (Å²) in [6.45, 7) is 3.63. The lowest BCUT2D eigenvalue weighted by molar-refractivity contribution is -0.123. The molecule has 3 rings (SSSR count). The lowest BCUT2D eigenvalue weighted by Crippen LogP contribution is -2.29. The lowest BCUT2D eigenvalue weighted by atomic mass is 10.1. The minimum atomic E-state index is -0.163. The highest BCUT2D eigenvalue weighted by atomic mass is 16.5. The highest BCUT2D eigenvalue weighted by Gasteiger charge is 2.19. The molecule has 1 aromatic carbocycles. The Morgan fingerprint density at radius 3 is 3.09 bits per heavy atom. The zero-order valence-corrected chi connectivity index (χ0v) is 13.5. The normalized spacial score (nSPS) is 13.5. The predicted octanol–water partition coefficient (Wildman–Crippen LogP) is 1.50. The van der Waals surface area contributed by atoms with E-state index in [0.717, 1.165) is 35.6 Å². The lowest BCUT2D eigenvalue weighted by Gasteiger charge is -2.14. The van der Waals surface area contributed by atoms with Crippen LogP contribution in [-0.4, -0.2) is 28.9 Å². The minimum Gasteiger partial charge on any atom is -0.484 e. The fourth-order valence-corrected chi connectivity index (χ4v) is 2.72. The molecule has 0 atom stereocenters. The molecule has 0 bridgehead atoms. The molecule has 0 aliphatic carbocycles. The van der Waals surface area contributed by atoms with Crippen LogP contribution in [0.5, 0.6) is 5.75 Å². The molecule has 1 N–H and O–H groups in total. The van der Waals surface area contributed by atoms with Crippen molar-refractivity contribution in [2.75, 3.05) is 13.2 Å². The summed E-state index contributed by atoms with van der Waals surface area (Å²) in [5.41, 5.74) is 4.17. The standard InChI is InChI=1S/C17H21N3O3/c1-12-5-3-4-6-16(12)23-11-17(21)18-9-14-13-10-22-8-7-15(13)20(2)19-14/h3-6H,7-11H2,1-2H3,(H,18,21). The third kappa shape index (κ3) is 3.53. The molecule has 0 radical (unpaired) electrons. The number of ether oxygens (including phenoxy) is 2. The van der Waals surface area contributed by atoms with Gasteiger partial charge in [0.15, 0.2) is 6.61 Å². The van der Waals surface area contributed by atoms with Crippen molar-refractivity contribution in [3.63, 3.8) is 0 Å². The van der Waals surface area contributed by atoms with Gasteiger partial charge in [-0.25, -0.2) is 0 Å². The number of carbonyl (C=O) groups is 1. The van der Waals surface area contributed by atoms with Crippen LogP contribution in [0.25, 0.3) is 0 Å². The summed E-state index contributed by atoms with van der Waals surface area (Å²) >= 11 is 0. The Labute approximate surface area is 135 Å². The van der Waals surface area contributed by atoms with Crippen LogP contribution in [0.2, 0.25) is 0 Å². The van der Waals surface area contributed by atoms with Crippen molar-refractivity contribution in [1.29, 1.82) is 0 Å². The van der Waals surface area contributed by atoms with Crippen LogP contribution >= 0.6 is 0 Å². The van der Waals surface area contributed by atoms with Crippen molar-refractivity contribution < 1.29 is 14.3 Å². The highest BCUT2D eigenvalue weighted by molar-refractivity contribution is 5.77. The molecule has 0 saturated carbocycles. The maximum atomic E-state index is 12.0. The first-order chi connectivity index (χ1) is 11.1. The summed E-state index contributed by atoms with van der Waals surface area (Å²) < 4.78 is 12.9. The van der Waals surface area contributed by atoms with E-state index in [1.54, 1.807) is 0 Å². The van der Waals surface area contributed by atoms with Crippen LogP contribution in [0.4, 0.5) is 0 Å². The summed E-state index contributed by atoms with van der Waals surface area (Å²) in [5.74, 6) is 0.565. The molecule has 1 aliphatic rings. The summed E-state index contributed by atoms with van der Waals surface area (Å²) in [5, 5.41) is 7.33. The van der Waals surface area contributed by atoms with E-state index in [1.165, 1.54) is 5.69 Å². The Morgan fingerprint density at radius 1 is 1.43 bits per heavy atom. The molecule has 0 unspecified atom stereocenters. The number of aryl methyl sites for hydroxylation is 2. The van der Waals surface area contributed by atoms with Crippen molar-refractivity contribution in [3.8, 4) is 5.75 Å². The average Bonchev–Trinajstić information content (AvgIpc) is 2.89. The number of fused-ring (bicyclic) bond motifs is 1. The number of hydrogen-bond donors (Lipinski definition) is 1. The number of hydrogen-bond acceptors (Lipinski definition) is 4. The number of aromatic nitrogens is 2. The minimum absolute atomic E-state index is 0.00359. The van der Waals surface area contributed by atoms with Crippen LogP contribution in [0.15, 0.2) is 24.3 Å². The fourth-order valence-electron chi connectivity index (χ4n) is 2.72. The number of carbonyl (C=O) groups excluding carboxylic acids is 1. The van der Waals surface area contributed by atoms with Gasteiger partial charge in [-0.15, -0.1) is 0 Å². The second kappa shape index (κ2) is 6.83. The highest BCUT2D eigenvalue weighted by Crippen LogP contribution is 2.20. The zero-order chi connectivity index (χ0) is 16.2. The van der Waals surface area contributed by atoms with E-state index in [1.807, 2.05) is 42.9 Å². The Kier molecular flexibility index (Phi) is 4.62. The number of rotatable bonds is 5. The van der Waals surface area contributed by atoms with Crippen molar-refractivity contribution in [2.24, 2.45) is 7.05 Å². The Morgan fingerprint density at radius 2 is 2.26 bits per heavy atom. The molecule has 0 saturated heterocycles. The Bertz CT molecular complexity index is 709. The summed E-state index contributed by atoms with van der Waals surface area (Å²) in [7, 11) is 1.93. The van der Waals surface area contributed by atoms with Crippen molar-refractivity contribution in [1.82, 2.24) is 15.1 Å². The van der Waals surface area contributed by atoms with Crippen molar-refractivity contribution >= 4 is 5.91 Å². The van der Waals surface area contributed by atoms with E-state index in [4.69, 9.17) is 9.47 Å². The van der Waals surface area contributed by atoms with Crippen LogP contribution in [-0.2, 0) is 36.2 Å². The maximum Gasteiger partial charge on any atom is 0.258 e. The van der Waals surface area contributed by atoms with Gasteiger partial charge in [0, 0.05) is 24.7 Å². The maximum absolute atomic E-state index is 12.0. The van der Waals surface area contributed by atoms with Gasteiger partial charge < -0.3 is 14.8 Å². The van der Waals surface area contributed by atoms with Gasteiger partial charge in [-0.3, -0.25) is 9.48 Å². The van der Waals surface area contributed by atoms with Gasteiger partial charge in [-0.05, 0) is 18.6 Å². The van der Waals surface area contributed by atoms with Gasteiger partial charge in [-0.1, -0.05) is 18.2 Å². The van der Waals surface area contributed by atoms with E-state index < -0.39 is 0 Å². The third-order valence-corrected chi connectivity index (χ3v) is 3.99. The number of nitrogens with one attached hydrogen (secondary N) is 1. The van der Waals surface area contributed by atoms with Crippen LogP contribution in [0.1, 0.15) is 22.5 Å². The van der Waals surface area contributed by atoms with E-state index in [9.17, 15) is 4.79 Å². The van der Waals surface area contributed by atoms with E-state index in [0.29, 0.717) is 13.2 Å². The molecular weight excluding hydrogens is 294 g/mol. The predicted molar refractivity (Wildman–Crippen MR) is 85.1 cm³/mol. The van der Waals surface area contributed by atoms with Crippen molar-refractivity contribution in [3.05, 3.63) is 46.8 Å². The van der Waals surface area contributed by atoms with Crippen molar-refractivity contribution in [2.45, 2.75) is 26.5 Å². The molecule has 2 heterocycles. The first kappa shape index (κ1) is 15.6. The third-order valence-electron chi connectivity index (χ3n) is 3.99. The summed E-state index contributed by atoms with van der Waals surface area (Å²) in [6.07, 6.45) is 0.864. The topological polar surface area (TPSA) is 65.4 Å². The molecule has 6 heteroatoms. The molecule has 1 aromatic heterocycles. The van der Waals surface area contributed by atoms with Gasteiger partial charge >= 0.3 is 0 Å². The van der Waals surface area contributed by atoms with Crippen LogP contribution < -0.4 is 10.1 Å². The fraction of sp³-hybridized carbons (Fsp3) is 0.412. The molecule has 6 nitrogen and oxygen atoms in total. The van der Waals surface area contributed by atoms with Gasteiger partial charge in [0.2, 0.25) is 0 Å². The quantitative estimate of drug-likeness (QED) is 0.908. The second-order valence-electron chi connectivity index (χ2n) is 5.63. The zero-order valence-electron chi connectivity index (χ0n) is 13.5. The van der Waals surface area contributed by atoms with E-state index in [2.05, 4.69) is 10.4 Å². The first-order valence-electron chi connectivity index (χ1n) is 7.71. The molecule has 0 spiro atoms. The number of benzene rings is 1.